The van der Waals surface area contributed by atoms with Gasteiger partial charge in [-0.2, -0.15) is 0 Å². The van der Waals surface area contributed by atoms with E-state index in [4.69, 9.17) is 0 Å². The van der Waals surface area contributed by atoms with Gasteiger partial charge in [0.05, 0.1) is 23.9 Å². The number of rotatable bonds is 6. The molecule has 0 amide bonds. The number of hydrogen-bond acceptors (Lipinski definition) is 5. The van der Waals surface area contributed by atoms with E-state index >= 15 is 0 Å². The summed E-state index contributed by atoms with van der Waals surface area (Å²) in [7, 11) is 0. The van der Waals surface area contributed by atoms with E-state index in [2.05, 4.69) is 34.6 Å². The summed E-state index contributed by atoms with van der Waals surface area (Å²) in [5, 5.41) is 48.3. The molecule has 0 heterocycles. The zero-order valence-corrected chi connectivity index (χ0v) is 33.8. The Labute approximate surface area is 320 Å². The Morgan fingerprint density at radius 3 is 2.30 bits per heavy atom. The number of fused-ring (bicyclic) bond motifs is 8. The fourth-order valence-corrected chi connectivity index (χ4v) is 16.7. The van der Waals surface area contributed by atoms with Crippen LogP contribution in [0.1, 0.15) is 163 Å². The van der Waals surface area contributed by atoms with E-state index in [1.807, 2.05) is 6.08 Å². The first-order valence-electron chi connectivity index (χ1n) is 22.7. The number of aliphatic hydroxyl groups excluding tert-OH is 3. The molecule has 0 bridgehead atoms. The Kier molecular flexibility index (Phi) is 9.25. The lowest BCUT2D eigenvalue weighted by Crippen LogP contribution is -2.62. The van der Waals surface area contributed by atoms with E-state index in [9.17, 15) is 25.2 Å². The van der Waals surface area contributed by atoms with Crippen molar-refractivity contribution in [2.24, 2.45) is 69.5 Å². The van der Waals surface area contributed by atoms with Gasteiger partial charge in [0, 0.05) is 23.2 Å². The minimum Gasteiger partial charge on any atom is -0.392 e. The van der Waals surface area contributed by atoms with E-state index in [1.165, 1.54) is 64.2 Å². The summed E-state index contributed by atoms with van der Waals surface area (Å²) >= 11 is 0. The van der Waals surface area contributed by atoms with E-state index in [-0.39, 0.29) is 35.4 Å². The number of ketones is 1. The number of aliphatic hydroxyl groups is 4. The smallest absolute Gasteiger partial charge is 0.159 e. The van der Waals surface area contributed by atoms with E-state index in [0.717, 1.165) is 50.5 Å². The lowest BCUT2D eigenvalue weighted by molar-refractivity contribution is -0.161. The van der Waals surface area contributed by atoms with Crippen LogP contribution in [0.4, 0.5) is 0 Å². The standard InChI is InChI=1S/C48H72O5/c1-27(2)11-9-20-47-26-39(51)38(50)25-36(47)37(49)24-35-34(47)15-21-45(5)33(16-22-48(35,45)53)32-23-29-12-8-13-31-41(29)42(44(32)52)40(28(3)4)30-14-10-19-46(43(30)31)17-6-7-18-46/h24,27-29,32-34,36,38-39,42-44,50-53H,6-23,25-26H2,1-5H3/t29-,32+,33-,34+,36+,38-,39+,42+,43-,44+,45-,47-,48-/m1/s1. The monoisotopic (exact) mass is 729 g/mol. The molecule has 0 aliphatic heterocycles. The Balaban J connectivity index is 1.08. The molecule has 9 rings (SSSR count). The first kappa shape index (κ1) is 37.3. The molecule has 0 aromatic carbocycles. The summed E-state index contributed by atoms with van der Waals surface area (Å²) in [6, 6.07) is 0. The molecule has 6 saturated carbocycles. The van der Waals surface area contributed by atoms with Crippen molar-refractivity contribution in [3.63, 3.8) is 0 Å². The largest absolute Gasteiger partial charge is 0.392 e. The average molecular weight is 729 g/mol. The van der Waals surface area contributed by atoms with Crippen molar-refractivity contribution >= 4 is 5.78 Å². The van der Waals surface area contributed by atoms with Crippen molar-refractivity contribution in [3.05, 3.63) is 33.9 Å². The Hall–Kier alpha value is -1.27. The predicted octanol–water partition coefficient (Wildman–Crippen LogP) is 9.42. The van der Waals surface area contributed by atoms with Crippen molar-refractivity contribution in [1.82, 2.24) is 0 Å². The number of carbonyl (C=O) groups is 1. The predicted molar refractivity (Wildman–Crippen MR) is 210 cm³/mol. The fourth-order valence-electron chi connectivity index (χ4n) is 16.7. The van der Waals surface area contributed by atoms with Crippen LogP contribution in [-0.2, 0) is 4.79 Å². The van der Waals surface area contributed by atoms with Gasteiger partial charge in [0.15, 0.2) is 5.78 Å². The van der Waals surface area contributed by atoms with Crippen molar-refractivity contribution < 1.29 is 25.2 Å². The molecule has 0 aromatic rings. The molecule has 0 unspecified atom stereocenters. The van der Waals surface area contributed by atoms with Crippen molar-refractivity contribution in [2.75, 3.05) is 0 Å². The highest BCUT2D eigenvalue weighted by atomic mass is 16.3. The van der Waals surface area contributed by atoms with Gasteiger partial charge in [-0.15, -0.1) is 0 Å². The quantitative estimate of drug-likeness (QED) is 0.205. The molecule has 0 saturated heterocycles. The zero-order chi connectivity index (χ0) is 37.2. The second-order valence-electron chi connectivity index (χ2n) is 21.6. The number of carbonyl (C=O) groups excluding carboxylic acids is 1. The highest BCUT2D eigenvalue weighted by molar-refractivity contribution is 5.95. The van der Waals surface area contributed by atoms with Gasteiger partial charge >= 0.3 is 0 Å². The van der Waals surface area contributed by atoms with Gasteiger partial charge < -0.3 is 20.4 Å². The Morgan fingerprint density at radius 1 is 0.830 bits per heavy atom. The topological polar surface area (TPSA) is 98.0 Å². The van der Waals surface area contributed by atoms with Crippen molar-refractivity contribution in [1.29, 1.82) is 0 Å². The van der Waals surface area contributed by atoms with Gasteiger partial charge in [-0.05, 0) is 161 Å². The first-order chi connectivity index (χ1) is 25.3. The van der Waals surface area contributed by atoms with Crippen LogP contribution in [0, 0.1) is 69.5 Å². The molecule has 0 radical (unpaired) electrons. The SMILES string of the molecule is CC(C)CCC[C@]12C[C@H](O)[C@H](O)C[C@H]1C(=O)C=C1[C@@H]2CC[C@]2(C)[C@@H]([C@@H]3C[C@H]4CCCC5=C4[C@H](C(C(C)C)=C4CCCC6(CCCC6)[C@H]45)[C@H]3O)CC[C@@]12O. The molecule has 1 spiro atoms. The minimum atomic E-state index is -1.09. The van der Waals surface area contributed by atoms with Crippen LogP contribution in [0.15, 0.2) is 33.9 Å². The van der Waals surface area contributed by atoms with Crippen LogP contribution in [0.5, 0.6) is 0 Å². The van der Waals surface area contributed by atoms with Gasteiger partial charge in [0.25, 0.3) is 0 Å². The summed E-state index contributed by atoms with van der Waals surface area (Å²) in [4.78, 5) is 14.3. The van der Waals surface area contributed by atoms with Crippen LogP contribution in [0.2, 0.25) is 0 Å². The maximum Gasteiger partial charge on any atom is 0.159 e. The van der Waals surface area contributed by atoms with E-state index in [0.29, 0.717) is 48.3 Å². The fraction of sp³-hybridized carbons (Fsp3) is 0.854. The minimum absolute atomic E-state index is 0.0461. The van der Waals surface area contributed by atoms with Crippen LogP contribution < -0.4 is 0 Å². The molecule has 5 heteroatoms. The third-order valence-electron chi connectivity index (χ3n) is 18.7. The lowest BCUT2D eigenvalue weighted by Gasteiger charge is -2.62. The third kappa shape index (κ3) is 5.23. The molecular formula is C48H72O5. The summed E-state index contributed by atoms with van der Waals surface area (Å²) in [6.45, 7) is 11.6. The number of hydrogen-bond donors (Lipinski definition) is 4. The van der Waals surface area contributed by atoms with Crippen molar-refractivity contribution in [2.45, 2.75) is 187 Å². The highest BCUT2D eigenvalue weighted by Gasteiger charge is 2.69. The average Bonchev–Trinajstić information content (AvgIpc) is 3.69. The summed E-state index contributed by atoms with van der Waals surface area (Å²) in [5.41, 5.74) is 6.30. The second-order valence-corrected chi connectivity index (χ2v) is 21.6. The third-order valence-corrected chi connectivity index (χ3v) is 18.7. The Bertz CT molecular complexity index is 1560. The molecule has 13 atom stereocenters. The second kappa shape index (κ2) is 13.1. The Morgan fingerprint density at radius 2 is 1.57 bits per heavy atom. The molecule has 0 aromatic heterocycles. The van der Waals surface area contributed by atoms with Crippen molar-refractivity contribution in [3.8, 4) is 0 Å². The van der Waals surface area contributed by atoms with Crippen LogP contribution in [-0.4, -0.2) is 50.1 Å². The molecular weight excluding hydrogens is 657 g/mol. The maximum absolute atomic E-state index is 14.3. The lowest BCUT2D eigenvalue weighted by atomic mass is 9.43. The summed E-state index contributed by atoms with van der Waals surface area (Å²) < 4.78 is 0. The first-order valence-corrected chi connectivity index (χ1v) is 22.7. The molecule has 5 nitrogen and oxygen atoms in total. The van der Waals surface area contributed by atoms with Crippen LogP contribution in [0.25, 0.3) is 0 Å². The molecule has 9 aliphatic carbocycles. The van der Waals surface area contributed by atoms with Gasteiger partial charge in [-0.3, -0.25) is 4.79 Å². The normalized spacial score (nSPS) is 47.4. The van der Waals surface area contributed by atoms with Crippen LogP contribution >= 0.6 is 0 Å². The molecule has 6 fully saturated rings. The molecule has 9 aliphatic rings. The van der Waals surface area contributed by atoms with Gasteiger partial charge in [0.1, 0.15) is 0 Å². The summed E-state index contributed by atoms with van der Waals surface area (Å²) in [6.07, 6.45) is 21.0. The van der Waals surface area contributed by atoms with Crippen LogP contribution in [0.3, 0.4) is 0 Å². The van der Waals surface area contributed by atoms with Gasteiger partial charge in [-0.1, -0.05) is 82.6 Å². The highest BCUT2D eigenvalue weighted by Crippen LogP contribution is 2.72. The molecule has 53 heavy (non-hydrogen) atoms. The number of allylic oxidation sites excluding steroid dienone is 3. The molecule has 294 valence electrons. The zero-order valence-electron chi connectivity index (χ0n) is 33.8. The molecule has 4 N–H and O–H groups in total. The van der Waals surface area contributed by atoms with Gasteiger partial charge in [-0.25, -0.2) is 0 Å². The summed E-state index contributed by atoms with van der Waals surface area (Å²) in [5.74, 6) is 2.45. The maximum atomic E-state index is 14.3. The van der Waals surface area contributed by atoms with Gasteiger partial charge in [0.2, 0.25) is 0 Å². The van der Waals surface area contributed by atoms with E-state index < -0.39 is 34.7 Å². The van der Waals surface area contributed by atoms with E-state index in [1.54, 1.807) is 22.3 Å².